The van der Waals surface area contributed by atoms with E-state index in [1.54, 1.807) is 49.4 Å². The molecule has 2 aromatic carbocycles. The van der Waals surface area contributed by atoms with E-state index in [0.29, 0.717) is 22.4 Å². The normalized spacial score (nSPS) is 14.7. The zero-order valence-electron chi connectivity index (χ0n) is 14.9. The average Bonchev–Trinajstić information content (AvgIpc) is 2.87. The maximum atomic E-state index is 12.7. The van der Waals surface area contributed by atoms with Crippen LogP contribution >= 0.6 is 0 Å². The average molecular weight is 353 g/mol. The molecule has 0 aromatic heterocycles. The molecule has 0 bridgehead atoms. The zero-order chi connectivity index (χ0) is 19.7. The number of benzene rings is 2. The molecule has 0 aliphatic carbocycles. The summed E-state index contributed by atoms with van der Waals surface area (Å²) < 4.78 is 6.85. The summed E-state index contributed by atoms with van der Waals surface area (Å²) in [7, 11) is 0. The Morgan fingerprint density at radius 3 is 2.50 bits per heavy atom. The maximum absolute atomic E-state index is 12.7. The first-order chi connectivity index (χ1) is 12.8. The van der Waals surface area contributed by atoms with Gasteiger partial charge in [-0.05, 0) is 36.2 Å². The second kappa shape index (κ2) is 6.79. The number of amides is 3. The number of aryl methyl sites for hydroxylation is 1. The van der Waals surface area contributed by atoms with Gasteiger partial charge in [-0.2, -0.15) is 0 Å². The number of carbonyl (C=O) groups excluding carboxylic acids is 3. The molecule has 1 aliphatic heterocycles. The summed E-state index contributed by atoms with van der Waals surface area (Å²) in [6.45, 7) is 1.77. The highest BCUT2D eigenvalue weighted by Crippen LogP contribution is 2.30. The first-order valence-electron chi connectivity index (χ1n) is 8.37. The lowest BCUT2D eigenvalue weighted by atomic mass is 10.0. The van der Waals surface area contributed by atoms with Crippen molar-refractivity contribution in [1.29, 1.82) is 0 Å². The molecule has 26 heavy (non-hydrogen) atoms. The third kappa shape index (κ3) is 2.95. The fourth-order valence-corrected chi connectivity index (χ4v) is 2.98. The standard InChI is InChI=1S/C19H16N2O5/c1-11-3-2-4-14-16(11)18(24)21(17(14)23)13-7-5-12(6-8-13)9-15(19(25)26)20-10-22/h2-8,10,15H,9H2,1H3,(H,20,22)(H,25,26)/t15-/m0/s1/i10D. The van der Waals surface area contributed by atoms with Gasteiger partial charge >= 0.3 is 5.97 Å². The minimum absolute atomic E-state index is 0.0263. The summed E-state index contributed by atoms with van der Waals surface area (Å²) in [5, 5.41) is 11.1. The fourth-order valence-electron chi connectivity index (χ4n) is 2.98. The first kappa shape index (κ1) is 16.0. The van der Waals surface area contributed by atoms with Gasteiger partial charge in [0, 0.05) is 6.42 Å². The highest BCUT2D eigenvalue weighted by molar-refractivity contribution is 6.34. The van der Waals surface area contributed by atoms with Gasteiger partial charge in [0.2, 0.25) is 6.39 Å². The Hall–Kier alpha value is -3.48. The number of hydrogen-bond donors (Lipinski definition) is 2. The molecule has 0 radical (unpaired) electrons. The molecule has 0 saturated heterocycles. The Balaban J connectivity index is 1.83. The van der Waals surface area contributed by atoms with Crippen molar-refractivity contribution in [2.45, 2.75) is 19.4 Å². The van der Waals surface area contributed by atoms with E-state index < -0.39 is 30.2 Å². The predicted octanol–water partition coefficient (Wildman–Crippen LogP) is 1.54. The lowest BCUT2D eigenvalue weighted by Gasteiger charge is -2.15. The van der Waals surface area contributed by atoms with Crippen LogP contribution < -0.4 is 10.2 Å². The van der Waals surface area contributed by atoms with Gasteiger partial charge in [0.25, 0.3) is 11.8 Å². The Bertz CT molecular complexity index is 955. The molecule has 1 aliphatic rings. The van der Waals surface area contributed by atoms with Crippen LogP contribution in [0.2, 0.25) is 0 Å². The zero-order valence-corrected chi connectivity index (χ0v) is 13.9. The number of carboxylic acid groups (broad SMARTS) is 1. The molecule has 7 heteroatoms. The summed E-state index contributed by atoms with van der Waals surface area (Å²) in [5.74, 6) is -2.06. The van der Waals surface area contributed by atoms with Gasteiger partial charge in [0.05, 0.1) is 16.8 Å². The minimum Gasteiger partial charge on any atom is -0.480 e. The smallest absolute Gasteiger partial charge is 0.326 e. The Labute approximate surface area is 150 Å². The molecule has 0 saturated carbocycles. The minimum atomic E-state index is -1.25. The molecule has 0 spiro atoms. The van der Waals surface area contributed by atoms with Crippen molar-refractivity contribution >= 4 is 29.9 Å². The molecule has 3 amide bonds. The Morgan fingerprint density at radius 2 is 1.92 bits per heavy atom. The van der Waals surface area contributed by atoms with E-state index in [-0.39, 0.29) is 6.42 Å². The van der Waals surface area contributed by atoms with Crippen LogP contribution in [0.5, 0.6) is 0 Å². The van der Waals surface area contributed by atoms with Crippen LogP contribution in [0.25, 0.3) is 0 Å². The summed E-state index contributed by atoms with van der Waals surface area (Å²) in [6, 6.07) is 10.1. The van der Waals surface area contributed by atoms with E-state index in [4.69, 9.17) is 6.48 Å². The number of rotatable bonds is 5. The summed E-state index contributed by atoms with van der Waals surface area (Å²) in [6.07, 6.45) is -1.21. The molecule has 132 valence electrons. The van der Waals surface area contributed by atoms with Crippen molar-refractivity contribution in [3.8, 4) is 0 Å². The second-order valence-corrected chi connectivity index (χ2v) is 5.95. The van der Waals surface area contributed by atoms with Crippen molar-refractivity contribution in [3.05, 3.63) is 64.7 Å². The van der Waals surface area contributed by atoms with Crippen LogP contribution in [0.4, 0.5) is 5.69 Å². The number of fused-ring (bicyclic) bond motifs is 1. The van der Waals surface area contributed by atoms with Crippen LogP contribution in [0.1, 0.15) is 33.2 Å². The predicted molar refractivity (Wildman–Crippen MR) is 93.1 cm³/mol. The molecule has 0 unspecified atom stereocenters. The second-order valence-electron chi connectivity index (χ2n) is 5.95. The lowest BCUT2D eigenvalue weighted by Crippen LogP contribution is -2.37. The summed E-state index contributed by atoms with van der Waals surface area (Å²) >= 11 is 0. The SMILES string of the molecule is [2H]C(=O)N[C@@H](Cc1ccc(N2C(=O)c3cccc(C)c3C2=O)cc1)C(=O)O. The molecule has 1 atom stereocenters. The molecule has 2 aromatic rings. The number of hydrogen-bond acceptors (Lipinski definition) is 4. The van der Waals surface area contributed by atoms with E-state index in [2.05, 4.69) is 0 Å². The van der Waals surface area contributed by atoms with Crippen LogP contribution in [0, 0.1) is 6.92 Å². The van der Waals surface area contributed by atoms with Gasteiger partial charge in [-0.3, -0.25) is 14.4 Å². The van der Waals surface area contributed by atoms with Crippen molar-refractivity contribution in [1.82, 2.24) is 5.32 Å². The van der Waals surface area contributed by atoms with E-state index in [1.165, 1.54) is 0 Å². The topological polar surface area (TPSA) is 104 Å². The monoisotopic (exact) mass is 353 g/mol. The molecule has 3 rings (SSSR count). The number of carbonyl (C=O) groups is 4. The highest BCUT2D eigenvalue weighted by atomic mass is 16.4. The first-order valence-corrected chi connectivity index (χ1v) is 7.87. The van der Waals surface area contributed by atoms with Crippen LogP contribution in [-0.2, 0) is 16.0 Å². The van der Waals surface area contributed by atoms with Crippen molar-refractivity contribution < 1.29 is 25.7 Å². The molecule has 1 heterocycles. The van der Waals surface area contributed by atoms with Gasteiger partial charge in [-0.25, -0.2) is 9.69 Å². The van der Waals surface area contributed by atoms with E-state index >= 15 is 0 Å². The Morgan fingerprint density at radius 1 is 1.23 bits per heavy atom. The number of anilines is 1. The molecule has 7 nitrogen and oxygen atoms in total. The number of carboxylic acids is 1. The van der Waals surface area contributed by atoms with E-state index in [9.17, 15) is 19.2 Å². The van der Waals surface area contributed by atoms with Crippen molar-refractivity contribution in [3.63, 3.8) is 0 Å². The third-order valence-corrected chi connectivity index (χ3v) is 4.29. The quantitative estimate of drug-likeness (QED) is 0.627. The van der Waals surface area contributed by atoms with E-state index in [0.717, 1.165) is 10.5 Å². The summed E-state index contributed by atoms with van der Waals surface area (Å²) in [5.41, 5.74) is 2.41. The largest absolute Gasteiger partial charge is 0.480 e. The van der Waals surface area contributed by atoms with Gasteiger partial charge in [0.15, 0.2) is 0 Å². The Kier molecular flexibility index (Phi) is 4.18. The molecular formula is C19H16N2O5. The van der Waals surface area contributed by atoms with Crippen molar-refractivity contribution in [2.75, 3.05) is 4.90 Å². The van der Waals surface area contributed by atoms with Gasteiger partial charge < -0.3 is 10.4 Å². The fraction of sp³-hybridized carbons (Fsp3) is 0.158. The van der Waals surface area contributed by atoms with Crippen molar-refractivity contribution in [2.24, 2.45) is 0 Å². The summed E-state index contributed by atoms with van der Waals surface area (Å²) in [4.78, 5) is 48.3. The third-order valence-electron chi connectivity index (χ3n) is 4.29. The number of nitrogens with zero attached hydrogens (tertiary/aromatic N) is 1. The van der Waals surface area contributed by atoms with Crippen LogP contribution in [-0.4, -0.2) is 35.3 Å². The number of nitrogens with one attached hydrogen (secondary N) is 1. The van der Waals surface area contributed by atoms with E-state index in [1.807, 2.05) is 5.32 Å². The maximum Gasteiger partial charge on any atom is 0.326 e. The molecule has 0 fully saturated rings. The number of aliphatic carboxylic acids is 1. The van der Waals surface area contributed by atoms with Gasteiger partial charge in [-0.15, -0.1) is 0 Å². The lowest BCUT2D eigenvalue weighted by molar-refractivity contribution is -0.140. The van der Waals surface area contributed by atoms with Crippen LogP contribution in [0.15, 0.2) is 42.5 Å². The highest BCUT2D eigenvalue weighted by Gasteiger charge is 2.37. The van der Waals surface area contributed by atoms with Gasteiger partial charge in [-0.1, -0.05) is 24.3 Å². The molecular weight excluding hydrogens is 336 g/mol. The molecule has 2 N–H and O–H groups in total. The number of imide groups is 1. The van der Waals surface area contributed by atoms with Crippen LogP contribution in [0.3, 0.4) is 0 Å². The van der Waals surface area contributed by atoms with Gasteiger partial charge in [0.1, 0.15) is 7.41 Å².